The number of benzene rings is 2. The Bertz CT molecular complexity index is 924. The van der Waals surface area contributed by atoms with Crippen molar-refractivity contribution in [3.8, 4) is 0 Å². The van der Waals surface area contributed by atoms with Crippen LogP contribution in [0.15, 0.2) is 36.5 Å². The molecule has 1 heterocycles. The number of carbonyl (C=O) groups is 1. The van der Waals surface area contributed by atoms with E-state index in [-0.39, 0.29) is 11.6 Å². The van der Waals surface area contributed by atoms with Crippen molar-refractivity contribution in [1.29, 1.82) is 0 Å². The molecular weight excluding hydrogens is 357 g/mol. The second kappa shape index (κ2) is 6.79. The van der Waals surface area contributed by atoms with E-state index in [0.717, 1.165) is 28.6 Å². The van der Waals surface area contributed by atoms with E-state index in [9.17, 15) is 13.6 Å². The van der Waals surface area contributed by atoms with Gasteiger partial charge in [0.1, 0.15) is 11.4 Å². The number of rotatable bonds is 4. The molecule has 0 aliphatic rings. The van der Waals surface area contributed by atoms with Gasteiger partial charge in [-0.1, -0.05) is 23.2 Å². The molecule has 124 valence electrons. The van der Waals surface area contributed by atoms with Crippen LogP contribution in [0.1, 0.15) is 15.9 Å². The van der Waals surface area contributed by atoms with E-state index in [2.05, 4.69) is 10.3 Å². The van der Waals surface area contributed by atoms with Crippen LogP contribution in [-0.4, -0.2) is 17.4 Å². The number of hydrogen-bond donors (Lipinski definition) is 2. The molecule has 0 aliphatic carbocycles. The van der Waals surface area contributed by atoms with Crippen molar-refractivity contribution in [1.82, 2.24) is 10.3 Å². The number of aromatic nitrogens is 1. The fourth-order valence-electron chi connectivity index (χ4n) is 2.49. The lowest BCUT2D eigenvalue weighted by molar-refractivity contribution is 0.0945. The third kappa shape index (κ3) is 3.23. The zero-order valence-corrected chi connectivity index (χ0v) is 13.8. The molecule has 3 aromatic rings. The Kier molecular flexibility index (Phi) is 4.73. The highest BCUT2D eigenvalue weighted by Crippen LogP contribution is 2.23. The Morgan fingerprint density at radius 1 is 1.17 bits per heavy atom. The zero-order valence-electron chi connectivity index (χ0n) is 12.3. The summed E-state index contributed by atoms with van der Waals surface area (Å²) in [5.41, 5.74) is 1.19. The quantitative estimate of drug-likeness (QED) is 0.642. The largest absolute Gasteiger partial charge is 0.361 e. The molecule has 0 radical (unpaired) electrons. The number of fused-ring (bicyclic) bond motifs is 1. The van der Waals surface area contributed by atoms with E-state index in [1.54, 1.807) is 6.07 Å². The van der Waals surface area contributed by atoms with Crippen molar-refractivity contribution in [2.75, 3.05) is 6.54 Å². The summed E-state index contributed by atoms with van der Waals surface area (Å²) in [6, 6.07) is 7.48. The number of carbonyl (C=O) groups excluding carboxylic acids is 1. The summed E-state index contributed by atoms with van der Waals surface area (Å²) in [4.78, 5) is 15.1. The molecule has 1 amide bonds. The Balaban J connectivity index is 1.71. The number of nitrogens with one attached hydrogen (secondary N) is 2. The first-order valence-corrected chi connectivity index (χ1v) is 7.90. The Morgan fingerprint density at radius 3 is 2.75 bits per heavy atom. The van der Waals surface area contributed by atoms with Gasteiger partial charge in [0.2, 0.25) is 0 Å². The highest BCUT2D eigenvalue weighted by molar-refractivity contribution is 6.31. The summed E-state index contributed by atoms with van der Waals surface area (Å²) in [7, 11) is 0. The first-order chi connectivity index (χ1) is 11.5. The molecule has 0 saturated heterocycles. The molecule has 0 bridgehead atoms. The van der Waals surface area contributed by atoms with Crippen molar-refractivity contribution >= 4 is 40.0 Å². The minimum atomic E-state index is -1.06. The number of aromatic amines is 1. The molecule has 3 nitrogen and oxygen atoms in total. The average molecular weight is 369 g/mol. The van der Waals surface area contributed by atoms with E-state index in [1.807, 2.05) is 18.3 Å². The normalized spacial score (nSPS) is 11.0. The first-order valence-electron chi connectivity index (χ1n) is 7.14. The van der Waals surface area contributed by atoms with Crippen LogP contribution >= 0.6 is 23.2 Å². The predicted molar refractivity (Wildman–Crippen MR) is 90.7 cm³/mol. The summed E-state index contributed by atoms with van der Waals surface area (Å²) in [5.74, 6) is -2.85. The van der Waals surface area contributed by atoms with Crippen LogP contribution in [0.2, 0.25) is 10.0 Å². The number of amides is 1. The monoisotopic (exact) mass is 368 g/mol. The van der Waals surface area contributed by atoms with Crippen LogP contribution in [0, 0.1) is 11.6 Å². The SMILES string of the molecule is O=C(NCCc1c[nH]c2ccc(Cl)cc12)c1c(F)ccc(Cl)c1F. The average Bonchev–Trinajstić information content (AvgIpc) is 2.94. The molecule has 0 saturated carbocycles. The van der Waals surface area contributed by atoms with Crippen molar-refractivity contribution < 1.29 is 13.6 Å². The molecule has 2 N–H and O–H groups in total. The smallest absolute Gasteiger partial charge is 0.257 e. The van der Waals surface area contributed by atoms with E-state index in [1.165, 1.54) is 0 Å². The van der Waals surface area contributed by atoms with Crippen LogP contribution < -0.4 is 5.32 Å². The molecular formula is C17H12Cl2F2N2O. The minimum Gasteiger partial charge on any atom is -0.361 e. The second-order valence-electron chi connectivity index (χ2n) is 5.23. The van der Waals surface area contributed by atoms with Crippen LogP contribution in [0.4, 0.5) is 8.78 Å². The van der Waals surface area contributed by atoms with Gasteiger partial charge >= 0.3 is 0 Å². The Morgan fingerprint density at radius 2 is 1.96 bits per heavy atom. The predicted octanol–water partition coefficient (Wildman–Crippen LogP) is 4.73. The highest BCUT2D eigenvalue weighted by atomic mass is 35.5. The Labute approximate surface area is 146 Å². The molecule has 1 aromatic heterocycles. The molecule has 0 fully saturated rings. The van der Waals surface area contributed by atoms with E-state index in [4.69, 9.17) is 23.2 Å². The molecule has 0 aliphatic heterocycles. The van der Waals surface area contributed by atoms with Gasteiger partial charge in [-0.3, -0.25) is 4.79 Å². The zero-order chi connectivity index (χ0) is 17.3. The van der Waals surface area contributed by atoms with Gasteiger partial charge in [-0.2, -0.15) is 0 Å². The van der Waals surface area contributed by atoms with Crippen LogP contribution in [-0.2, 0) is 6.42 Å². The summed E-state index contributed by atoms with van der Waals surface area (Å²) in [5, 5.41) is 3.75. The van der Waals surface area contributed by atoms with Gasteiger partial charge in [0.15, 0.2) is 5.82 Å². The number of H-pyrrole nitrogens is 1. The van der Waals surface area contributed by atoms with Crippen molar-refractivity contribution in [2.45, 2.75) is 6.42 Å². The summed E-state index contributed by atoms with van der Waals surface area (Å²) < 4.78 is 27.5. The maximum Gasteiger partial charge on any atom is 0.257 e. The summed E-state index contributed by atoms with van der Waals surface area (Å²) >= 11 is 11.6. The van der Waals surface area contributed by atoms with Gasteiger partial charge in [0, 0.05) is 28.7 Å². The lowest BCUT2D eigenvalue weighted by atomic mass is 10.1. The highest BCUT2D eigenvalue weighted by Gasteiger charge is 2.19. The van der Waals surface area contributed by atoms with Crippen molar-refractivity contribution in [3.05, 3.63) is 69.3 Å². The van der Waals surface area contributed by atoms with Crippen LogP contribution in [0.5, 0.6) is 0 Å². The topological polar surface area (TPSA) is 44.9 Å². The fraction of sp³-hybridized carbons (Fsp3) is 0.118. The van der Waals surface area contributed by atoms with E-state index in [0.29, 0.717) is 11.4 Å². The first kappa shape index (κ1) is 16.7. The molecule has 24 heavy (non-hydrogen) atoms. The van der Waals surface area contributed by atoms with Crippen LogP contribution in [0.3, 0.4) is 0 Å². The number of halogens is 4. The maximum atomic E-state index is 13.8. The molecule has 7 heteroatoms. The van der Waals surface area contributed by atoms with E-state index < -0.39 is 23.1 Å². The Hall–Kier alpha value is -2.11. The van der Waals surface area contributed by atoms with E-state index >= 15 is 0 Å². The van der Waals surface area contributed by atoms with Crippen LogP contribution in [0.25, 0.3) is 10.9 Å². The molecule has 0 spiro atoms. The third-order valence-corrected chi connectivity index (χ3v) is 4.21. The minimum absolute atomic E-state index is 0.212. The van der Waals surface area contributed by atoms with Gasteiger partial charge in [0.05, 0.1) is 5.02 Å². The second-order valence-corrected chi connectivity index (χ2v) is 6.07. The summed E-state index contributed by atoms with van der Waals surface area (Å²) in [6.07, 6.45) is 2.30. The van der Waals surface area contributed by atoms with Gasteiger partial charge in [-0.15, -0.1) is 0 Å². The molecule has 0 atom stereocenters. The van der Waals surface area contributed by atoms with Gasteiger partial charge in [-0.05, 0) is 42.3 Å². The third-order valence-electron chi connectivity index (χ3n) is 3.68. The lowest BCUT2D eigenvalue weighted by Crippen LogP contribution is -2.27. The van der Waals surface area contributed by atoms with Gasteiger partial charge in [-0.25, -0.2) is 8.78 Å². The molecule has 0 unspecified atom stereocenters. The summed E-state index contributed by atoms with van der Waals surface area (Å²) in [6.45, 7) is 0.212. The van der Waals surface area contributed by atoms with Gasteiger partial charge in [0.25, 0.3) is 5.91 Å². The standard InChI is InChI=1S/C17H12Cl2F2N2O/c18-10-1-4-14-11(7-10)9(8-23-14)5-6-22-17(24)15-13(20)3-2-12(19)16(15)21/h1-4,7-8,23H,5-6H2,(H,22,24). The molecule has 3 rings (SSSR count). The maximum absolute atomic E-state index is 13.8. The fourth-order valence-corrected chi connectivity index (χ4v) is 2.82. The van der Waals surface area contributed by atoms with Gasteiger partial charge < -0.3 is 10.3 Å². The molecule has 2 aromatic carbocycles. The lowest BCUT2D eigenvalue weighted by Gasteiger charge is -2.08. The number of hydrogen-bond acceptors (Lipinski definition) is 1. The van der Waals surface area contributed by atoms with Crippen molar-refractivity contribution in [2.24, 2.45) is 0 Å². The van der Waals surface area contributed by atoms with Crippen molar-refractivity contribution in [3.63, 3.8) is 0 Å².